The molecule has 0 saturated carbocycles. The van der Waals surface area contributed by atoms with E-state index in [1.807, 2.05) is 59.3 Å². The van der Waals surface area contributed by atoms with Gasteiger partial charge in [0.05, 0.1) is 10.7 Å². The largest absolute Gasteiger partial charge is 0.298 e. The molecule has 0 unspecified atom stereocenters. The minimum absolute atomic E-state index is 0.707. The molecule has 0 aliphatic rings. The summed E-state index contributed by atoms with van der Waals surface area (Å²) in [4.78, 5) is 4.42. The third kappa shape index (κ3) is 2.44. The van der Waals surface area contributed by atoms with E-state index in [0.29, 0.717) is 5.02 Å². The Kier molecular flexibility index (Phi) is 3.40. The Morgan fingerprint density at radius 1 is 1.00 bits per heavy atom. The Labute approximate surface area is 124 Å². The molecule has 0 atom stereocenters. The summed E-state index contributed by atoms with van der Waals surface area (Å²) in [6.45, 7) is 0. The summed E-state index contributed by atoms with van der Waals surface area (Å²) in [5.74, 6) is 0.876. The first-order valence-electron chi connectivity index (χ1n) is 5.80. The molecule has 2 nitrogen and oxygen atoms in total. The van der Waals surface area contributed by atoms with Crippen LogP contribution in [0.25, 0.3) is 17.1 Å². The normalized spacial score (nSPS) is 10.6. The lowest BCUT2D eigenvalue weighted by atomic mass is 10.2. The summed E-state index contributed by atoms with van der Waals surface area (Å²) in [5.41, 5.74) is 1.98. The molecule has 0 aliphatic heterocycles. The first-order valence-corrected chi connectivity index (χ1v) is 6.97. The highest BCUT2D eigenvalue weighted by Gasteiger charge is 2.09. The van der Waals surface area contributed by atoms with Gasteiger partial charge in [0.2, 0.25) is 0 Å². The zero-order valence-electron chi connectivity index (χ0n) is 9.92. The number of rotatable bonds is 2. The predicted octanol–water partition coefficient (Wildman–Crippen LogP) is 4.96. The second-order valence-electron chi connectivity index (χ2n) is 4.08. The Hall–Kier alpha value is -1.58. The second kappa shape index (κ2) is 5.19. The van der Waals surface area contributed by atoms with Gasteiger partial charge in [-0.2, -0.15) is 0 Å². The van der Waals surface area contributed by atoms with E-state index in [2.05, 4.69) is 20.9 Å². The quantitative estimate of drug-likeness (QED) is 0.648. The van der Waals surface area contributed by atoms with Gasteiger partial charge < -0.3 is 0 Å². The Morgan fingerprint density at radius 2 is 1.74 bits per heavy atom. The van der Waals surface area contributed by atoms with Crippen molar-refractivity contribution in [1.82, 2.24) is 9.55 Å². The van der Waals surface area contributed by atoms with Crippen LogP contribution in [0.5, 0.6) is 0 Å². The van der Waals surface area contributed by atoms with Crippen LogP contribution in [0.4, 0.5) is 0 Å². The van der Waals surface area contributed by atoms with Crippen molar-refractivity contribution in [1.29, 1.82) is 0 Å². The van der Waals surface area contributed by atoms with Crippen molar-refractivity contribution in [2.24, 2.45) is 0 Å². The maximum atomic E-state index is 6.24. The fourth-order valence-corrected chi connectivity index (χ4v) is 2.45. The lowest BCUT2D eigenvalue weighted by Gasteiger charge is -2.09. The van der Waals surface area contributed by atoms with Crippen LogP contribution in [0.3, 0.4) is 0 Å². The molecule has 19 heavy (non-hydrogen) atoms. The Bertz CT molecular complexity index is 704. The minimum Gasteiger partial charge on any atom is -0.298 e. The van der Waals surface area contributed by atoms with Gasteiger partial charge in [0.1, 0.15) is 5.82 Å². The molecule has 4 heteroatoms. The highest BCUT2D eigenvalue weighted by Crippen LogP contribution is 2.26. The predicted molar refractivity (Wildman–Crippen MR) is 81.7 cm³/mol. The number of nitrogens with zero attached hydrogens (tertiary/aromatic N) is 2. The molecule has 2 aromatic carbocycles. The van der Waals surface area contributed by atoms with Gasteiger partial charge in [-0.25, -0.2) is 4.98 Å². The zero-order chi connectivity index (χ0) is 13.2. The third-order valence-corrected chi connectivity index (χ3v) is 3.70. The van der Waals surface area contributed by atoms with Crippen molar-refractivity contribution in [3.05, 3.63) is 70.4 Å². The molecule has 1 aromatic heterocycles. The molecule has 0 bridgehead atoms. The Morgan fingerprint density at radius 3 is 2.47 bits per heavy atom. The van der Waals surface area contributed by atoms with Crippen molar-refractivity contribution in [3.63, 3.8) is 0 Å². The topological polar surface area (TPSA) is 17.8 Å². The van der Waals surface area contributed by atoms with Crippen LogP contribution >= 0.6 is 27.5 Å². The van der Waals surface area contributed by atoms with Gasteiger partial charge in [-0.1, -0.05) is 51.8 Å². The number of imidazole rings is 1. The number of hydrogen-bond acceptors (Lipinski definition) is 1. The van der Waals surface area contributed by atoms with Crippen LogP contribution in [-0.4, -0.2) is 9.55 Å². The molecule has 0 aliphatic carbocycles. The van der Waals surface area contributed by atoms with E-state index in [-0.39, 0.29) is 0 Å². The first-order chi connectivity index (χ1) is 9.25. The zero-order valence-corrected chi connectivity index (χ0v) is 12.3. The van der Waals surface area contributed by atoms with Crippen molar-refractivity contribution >= 4 is 27.5 Å². The number of halogens is 2. The SMILES string of the molecule is Clc1ccccc1-n1ccnc1-c1ccc(Br)cc1. The number of aromatic nitrogens is 2. The number of benzene rings is 2. The van der Waals surface area contributed by atoms with Crippen LogP contribution in [0, 0.1) is 0 Å². The smallest absolute Gasteiger partial charge is 0.144 e. The van der Waals surface area contributed by atoms with E-state index in [1.54, 1.807) is 6.20 Å². The number of hydrogen-bond donors (Lipinski definition) is 0. The molecular weight excluding hydrogens is 324 g/mol. The molecule has 0 N–H and O–H groups in total. The molecule has 1 heterocycles. The monoisotopic (exact) mass is 332 g/mol. The molecule has 3 rings (SSSR count). The fourth-order valence-electron chi connectivity index (χ4n) is 1.96. The summed E-state index contributed by atoms with van der Waals surface area (Å²) >= 11 is 9.68. The van der Waals surface area contributed by atoms with E-state index >= 15 is 0 Å². The molecule has 0 spiro atoms. The maximum Gasteiger partial charge on any atom is 0.144 e. The second-order valence-corrected chi connectivity index (χ2v) is 5.40. The van der Waals surface area contributed by atoms with Crippen molar-refractivity contribution in [3.8, 4) is 17.1 Å². The van der Waals surface area contributed by atoms with Crippen molar-refractivity contribution in [2.45, 2.75) is 0 Å². The first kappa shape index (κ1) is 12.5. The Balaban J connectivity index is 2.13. The average molecular weight is 334 g/mol. The van der Waals surface area contributed by atoms with E-state index in [4.69, 9.17) is 11.6 Å². The van der Waals surface area contributed by atoms with Crippen LogP contribution in [-0.2, 0) is 0 Å². The fraction of sp³-hybridized carbons (Fsp3) is 0. The van der Waals surface area contributed by atoms with Crippen LogP contribution in [0.2, 0.25) is 5.02 Å². The standard InChI is InChI=1S/C15H10BrClN2/c16-12-7-5-11(6-8-12)15-18-9-10-19(15)14-4-2-1-3-13(14)17/h1-10H. The van der Waals surface area contributed by atoms with Crippen LogP contribution in [0.1, 0.15) is 0 Å². The summed E-state index contributed by atoms with van der Waals surface area (Å²) in [6.07, 6.45) is 3.69. The van der Waals surface area contributed by atoms with Gasteiger partial charge in [0.25, 0.3) is 0 Å². The van der Waals surface area contributed by atoms with Gasteiger partial charge in [-0.15, -0.1) is 0 Å². The molecule has 3 aromatic rings. The summed E-state index contributed by atoms with van der Waals surface area (Å²) in [6, 6.07) is 15.8. The van der Waals surface area contributed by atoms with E-state index < -0.39 is 0 Å². The maximum absolute atomic E-state index is 6.24. The molecule has 0 radical (unpaired) electrons. The van der Waals surface area contributed by atoms with Crippen molar-refractivity contribution < 1.29 is 0 Å². The molecular formula is C15H10BrClN2. The summed E-state index contributed by atoms with van der Waals surface area (Å²) in [7, 11) is 0. The van der Waals surface area contributed by atoms with Crippen LogP contribution in [0.15, 0.2) is 65.4 Å². The highest BCUT2D eigenvalue weighted by atomic mass is 79.9. The minimum atomic E-state index is 0.707. The van der Waals surface area contributed by atoms with E-state index in [0.717, 1.165) is 21.5 Å². The van der Waals surface area contributed by atoms with Gasteiger partial charge >= 0.3 is 0 Å². The van der Waals surface area contributed by atoms with Gasteiger partial charge in [-0.3, -0.25) is 4.57 Å². The highest BCUT2D eigenvalue weighted by molar-refractivity contribution is 9.10. The summed E-state index contributed by atoms with van der Waals surface area (Å²) in [5, 5.41) is 0.707. The van der Waals surface area contributed by atoms with Gasteiger partial charge in [0.15, 0.2) is 0 Å². The van der Waals surface area contributed by atoms with Crippen LogP contribution < -0.4 is 0 Å². The third-order valence-electron chi connectivity index (χ3n) is 2.86. The average Bonchev–Trinajstić information content (AvgIpc) is 2.89. The van der Waals surface area contributed by atoms with Gasteiger partial charge in [-0.05, 0) is 24.3 Å². The molecule has 0 saturated heterocycles. The molecule has 0 fully saturated rings. The molecule has 0 amide bonds. The summed E-state index contributed by atoms with van der Waals surface area (Å²) < 4.78 is 3.04. The molecule has 94 valence electrons. The van der Waals surface area contributed by atoms with Crippen molar-refractivity contribution in [2.75, 3.05) is 0 Å². The van der Waals surface area contributed by atoms with Gasteiger partial charge in [0, 0.05) is 22.4 Å². The number of para-hydroxylation sites is 1. The lowest BCUT2D eigenvalue weighted by molar-refractivity contribution is 1.07. The van der Waals surface area contributed by atoms with E-state index in [1.165, 1.54) is 0 Å². The van der Waals surface area contributed by atoms with E-state index in [9.17, 15) is 0 Å². The lowest BCUT2D eigenvalue weighted by Crippen LogP contribution is -1.96.